The Kier molecular flexibility index (Phi) is 3.27. The predicted octanol–water partition coefficient (Wildman–Crippen LogP) is 1.86. The minimum atomic E-state index is 0.718. The Morgan fingerprint density at radius 1 is 1.27 bits per heavy atom. The first kappa shape index (κ1) is 10.1. The second kappa shape index (κ2) is 4.87. The monoisotopic (exact) mass is 204 g/mol. The van der Waals surface area contributed by atoms with Crippen LogP contribution >= 0.6 is 0 Å². The molecule has 80 valence electrons. The van der Waals surface area contributed by atoms with Gasteiger partial charge in [-0.25, -0.2) is 9.97 Å². The molecule has 1 aromatic heterocycles. The van der Waals surface area contributed by atoms with Crippen molar-refractivity contribution in [3.63, 3.8) is 0 Å². The summed E-state index contributed by atoms with van der Waals surface area (Å²) >= 11 is 0. The maximum Gasteiger partial charge on any atom is 0.157 e. The van der Waals surface area contributed by atoms with Crippen LogP contribution in [0.1, 0.15) is 31.9 Å². The minimum absolute atomic E-state index is 0.718. The predicted molar refractivity (Wildman–Crippen MR) is 61.4 cm³/mol. The first-order valence-corrected chi connectivity index (χ1v) is 5.47. The van der Waals surface area contributed by atoms with E-state index >= 15 is 0 Å². The van der Waals surface area contributed by atoms with E-state index in [-0.39, 0.29) is 0 Å². The van der Waals surface area contributed by atoms with Gasteiger partial charge in [-0.15, -0.1) is 0 Å². The number of hydrogen-bond donors (Lipinski definition) is 0. The average Bonchev–Trinajstić information content (AvgIpc) is 2.30. The van der Waals surface area contributed by atoms with Crippen LogP contribution in [0.4, 0.5) is 5.82 Å². The summed E-state index contributed by atoms with van der Waals surface area (Å²) in [5.74, 6) is 0.976. The second-order valence-corrected chi connectivity index (χ2v) is 3.69. The molecule has 4 heteroatoms. The van der Waals surface area contributed by atoms with E-state index in [0.717, 1.165) is 24.7 Å². The van der Waals surface area contributed by atoms with Gasteiger partial charge >= 0.3 is 0 Å². The summed E-state index contributed by atoms with van der Waals surface area (Å²) in [4.78, 5) is 15.1. The van der Waals surface area contributed by atoms with Crippen molar-refractivity contribution in [3.8, 4) is 0 Å². The van der Waals surface area contributed by atoms with Crippen molar-refractivity contribution in [2.24, 2.45) is 4.99 Å². The van der Waals surface area contributed by atoms with Crippen molar-refractivity contribution in [2.75, 3.05) is 18.1 Å². The summed E-state index contributed by atoms with van der Waals surface area (Å²) in [6.45, 7) is 3.95. The fourth-order valence-electron chi connectivity index (χ4n) is 1.70. The summed E-state index contributed by atoms with van der Waals surface area (Å²) < 4.78 is 0. The highest BCUT2D eigenvalue weighted by Crippen LogP contribution is 2.17. The molecule has 0 aromatic carbocycles. The highest BCUT2D eigenvalue weighted by molar-refractivity contribution is 5.85. The van der Waals surface area contributed by atoms with E-state index in [9.17, 15) is 0 Å². The molecule has 0 aliphatic carbocycles. The van der Waals surface area contributed by atoms with Gasteiger partial charge in [-0.3, -0.25) is 4.99 Å². The number of unbranched alkanes of at least 4 members (excludes halogenated alkanes) is 2. The molecule has 1 aliphatic heterocycles. The van der Waals surface area contributed by atoms with E-state index in [1.54, 1.807) is 18.6 Å². The number of aliphatic imine (C=N–C) groups is 1. The van der Waals surface area contributed by atoms with Crippen LogP contribution in [0.3, 0.4) is 0 Å². The molecule has 0 saturated carbocycles. The standard InChI is InChI=1S/C11H16N4/c1-2-3-4-7-15-9-12-8-10-11(15)14-6-5-13-10/h5-6,8H,2-4,7,9H2,1H3. The van der Waals surface area contributed by atoms with Crippen molar-refractivity contribution in [3.05, 3.63) is 18.1 Å². The van der Waals surface area contributed by atoms with Crippen molar-refractivity contribution < 1.29 is 0 Å². The Labute approximate surface area is 90.1 Å². The molecule has 0 unspecified atom stereocenters. The normalized spacial score (nSPS) is 14.1. The highest BCUT2D eigenvalue weighted by Gasteiger charge is 2.14. The number of hydrogen-bond acceptors (Lipinski definition) is 4. The fraction of sp³-hybridized carbons (Fsp3) is 0.545. The molecule has 0 atom stereocenters. The van der Waals surface area contributed by atoms with Crippen LogP contribution in [0.25, 0.3) is 0 Å². The molecular formula is C11H16N4. The van der Waals surface area contributed by atoms with Gasteiger partial charge < -0.3 is 4.90 Å². The lowest BCUT2D eigenvalue weighted by atomic mass is 10.2. The Hall–Kier alpha value is -1.45. The average molecular weight is 204 g/mol. The lowest BCUT2D eigenvalue weighted by Crippen LogP contribution is -2.29. The zero-order valence-corrected chi connectivity index (χ0v) is 9.06. The van der Waals surface area contributed by atoms with Crippen LogP contribution < -0.4 is 4.90 Å². The maximum atomic E-state index is 4.35. The Balaban J connectivity index is 2.05. The molecule has 0 saturated heterocycles. The van der Waals surface area contributed by atoms with E-state index < -0.39 is 0 Å². The number of fused-ring (bicyclic) bond motifs is 1. The molecular weight excluding hydrogens is 188 g/mol. The first-order chi connectivity index (χ1) is 7.42. The molecule has 0 fully saturated rings. The maximum absolute atomic E-state index is 4.35. The van der Waals surface area contributed by atoms with Gasteiger partial charge in [0.1, 0.15) is 12.4 Å². The summed E-state index contributed by atoms with van der Waals surface area (Å²) in [7, 11) is 0. The van der Waals surface area contributed by atoms with Crippen molar-refractivity contribution in [1.82, 2.24) is 9.97 Å². The van der Waals surface area contributed by atoms with Crippen LogP contribution in [0.15, 0.2) is 17.4 Å². The second-order valence-electron chi connectivity index (χ2n) is 3.69. The summed E-state index contributed by atoms with van der Waals surface area (Å²) in [6, 6.07) is 0. The molecule has 2 heterocycles. The molecule has 4 nitrogen and oxygen atoms in total. The van der Waals surface area contributed by atoms with E-state index in [1.165, 1.54) is 19.3 Å². The molecule has 1 aromatic rings. The summed E-state index contributed by atoms with van der Waals surface area (Å²) in [5.41, 5.74) is 0.889. The largest absolute Gasteiger partial charge is 0.335 e. The summed E-state index contributed by atoms with van der Waals surface area (Å²) in [6.07, 6.45) is 8.95. The van der Waals surface area contributed by atoms with Crippen LogP contribution in [0.5, 0.6) is 0 Å². The summed E-state index contributed by atoms with van der Waals surface area (Å²) in [5, 5.41) is 0. The SMILES string of the molecule is CCCCCN1CN=Cc2nccnc21. The van der Waals surface area contributed by atoms with Crippen LogP contribution in [-0.4, -0.2) is 29.4 Å². The van der Waals surface area contributed by atoms with Gasteiger partial charge in [0.05, 0.1) is 6.21 Å². The number of rotatable bonds is 4. The lowest BCUT2D eigenvalue weighted by molar-refractivity contribution is 0.671. The van der Waals surface area contributed by atoms with E-state index in [1.807, 2.05) is 0 Å². The third kappa shape index (κ3) is 2.32. The van der Waals surface area contributed by atoms with Gasteiger partial charge in [-0.1, -0.05) is 19.8 Å². The smallest absolute Gasteiger partial charge is 0.157 e. The quantitative estimate of drug-likeness (QED) is 0.703. The Morgan fingerprint density at radius 3 is 3.00 bits per heavy atom. The van der Waals surface area contributed by atoms with Gasteiger partial charge in [-0.2, -0.15) is 0 Å². The van der Waals surface area contributed by atoms with Crippen molar-refractivity contribution in [2.45, 2.75) is 26.2 Å². The van der Waals surface area contributed by atoms with Gasteiger partial charge in [0.25, 0.3) is 0 Å². The molecule has 0 spiro atoms. The number of anilines is 1. The van der Waals surface area contributed by atoms with Crippen molar-refractivity contribution in [1.29, 1.82) is 0 Å². The number of nitrogens with zero attached hydrogens (tertiary/aromatic N) is 4. The van der Waals surface area contributed by atoms with E-state index in [0.29, 0.717) is 0 Å². The van der Waals surface area contributed by atoms with Crippen LogP contribution in [0.2, 0.25) is 0 Å². The molecule has 0 amide bonds. The third-order valence-electron chi connectivity index (χ3n) is 2.50. The molecule has 1 aliphatic rings. The van der Waals surface area contributed by atoms with E-state index in [4.69, 9.17) is 0 Å². The van der Waals surface area contributed by atoms with Crippen LogP contribution in [-0.2, 0) is 0 Å². The highest BCUT2D eigenvalue weighted by atomic mass is 15.3. The van der Waals surface area contributed by atoms with Gasteiger partial charge in [0.15, 0.2) is 5.82 Å². The van der Waals surface area contributed by atoms with E-state index in [2.05, 4.69) is 26.8 Å². The van der Waals surface area contributed by atoms with Gasteiger partial charge in [0.2, 0.25) is 0 Å². The molecule has 15 heavy (non-hydrogen) atoms. The molecule has 0 bridgehead atoms. The third-order valence-corrected chi connectivity index (χ3v) is 2.50. The zero-order chi connectivity index (χ0) is 10.5. The molecule has 0 N–H and O–H groups in total. The van der Waals surface area contributed by atoms with Gasteiger partial charge in [-0.05, 0) is 6.42 Å². The zero-order valence-electron chi connectivity index (χ0n) is 9.06. The topological polar surface area (TPSA) is 41.4 Å². The minimum Gasteiger partial charge on any atom is -0.335 e. The fourth-order valence-corrected chi connectivity index (χ4v) is 1.70. The molecule has 2 rings (SSSR count). The Morgan fingerprint density at radius 2 is 2.13 bits per heavy atom. The van der Waals surface area contributed by atoms with Gasteiger partial charge in [0, 0.05) is 18.9 Å². The Bertz CT molecular complexity index is 348. The van der Waals surface area contributed by atoms with Crippen molar-refractivity contribution >= 4 is 12.0 Å². The number of aromatic nitrogens is 2. The lowest BCUT2D eigenvalue weighted by Gasteiger charge is -2.25. The first-order valence-electron chi connectivity index (χ1n) is 5.47. The molecule has 0 radical (unpaired) electrons. The van der Waals surface area contributed by atoms with Crippen LogP contribution in [0, 0.1) is 0 Å².